The summed E-state index contributed by atoms with van der Waals surface area (Å²) in [7, 11) is 0. The number of imidazole rings is 1. The van der Waals surface area contributed by atoms with E-state index in [1.807, 2.05) is 52.0 Å². The first-order chi connectivity index (χ1) is 13.4. The number of fused-ring (bicyclic) bond motifs is 1. The Morgan fingerprint density at radius 1 is 1.07 bits per heavy atom. The third kappa shape index (κ3) is 3.41. The zero-order valence-corrected chi connectivity index (χ0v) is 16.4. The molecular formula is C22H22N4O2. The number of aryl methyl sites for hydroxylation is 4. The maximum absolute atomic E-state index is 12.5. The number of aromatic nitrogens is 3. The van der Waals surface area contributed by atoms with Gasteiger partial charge in [-0.05, 0) is 62.6 Å². The van der Waals surface area contributed by atoms with Crippen LogP contribution < -0.4 is 5.32 Å². The smallest absolute Gasteiger partial charge is 0.246 e. The Morgan fingerprint density at radius 3 is 2.64 bits per heavy atom. The van der Waals surface area contributed by atoms with Gasteiger partial charge in [0.25, 0.3) is 0 Å². The Labute approximate surface area is 163 Å². The molecule has 28 heavy (non-hydrogen) atoms. The van der Waals surface area contributed by atoms with Gasteiger partial charge in [-0.1, -0.05) is 23.8 Å². The zero-order valence-electron chi connectivity index (χ0n) is 16.4. The molecule has 0 aliphatic carbocycles. The molecule has 0 unspecified atom stereocenters. The standard InChI is InChI=1S/C22H22N4O2/c1-13-5-6-14(2)18(9-13)11-20(27)24-19-8-7-17(10-15(19)3)22-25-26-16(4)23-12-21(26)28-22/h5-10,12H,11H2,1-4H3,(H,24,27). The van der Waals surface area contributed by atoms with Crippen LogP contribution in [-0.4, -0.2) is 20.5 Å². The average Bonchev–Trinajstić information content (AvgIpc) is 3.22. The van der Waals surface area contributed by atoms with Gasteiger partial charge in [0.1, 0.15) is 5.82 Å². The predicted molar refractivity (Wildman–Crippen MR) is 108 cm³/mol. The molecule has 0 fully saturated rings. The van der Waals surface area contributed by atoms with Gasteiger partial charge in [0.2, 0.25) is 17.5 Å². The highest BCUT2D eigenvalue weighted by molar-refractivity contribution is 5.93. The molecule has 2 aromatic heterocycles. The van der Waals surface area contributed by atoms with Crippen LogP contribution in [0.1, 0.15) is 28.1 Å². The van der Waals surface area contributed by atoms with Crippen molar-refractivity contribution in [1.82, 2.24) is 14.6 Å². The molecular weight excluding hydrogens is 352 g/mol. The molecule has 0 bridgehead atoms. The van der Waals surface area contributed by atoms with Gasteiger partial charge < -0.3 is 9.73 Å². The summed E-state index contributed by atoms with van der Waals surface area (Å²) in [5.74, 6) is 1.27. The number of carbonyl (C=O) groups is 1. The van der Waals surface area contributed by atoms with Gasteiger partial charge in [-0.25, -0.2) is 4.98 Å². The lowest BCUT2D eigenvalue weighted by Crippen LogP contribution is -2.15. The minimum absolute atomic E-state index is 0.0309. The molecule has 4 aromatic rings. The molecule has 1 amide bonds. The molecule has 0 atom stereocenters. The quantitative estimate of drug-likeness (QED) is 0.574. The van der Waals surface area contributed by atoms with Crippen LogP contribution in [0, 0.1) is 27.7 Å². The molecule has 0 aliphatic heterocycles. The molecule has 0 spiro atoms. The lowest BCUT2D eigenvalue weighted by atomic mass is 10.0. The molecule has 0 saturated heterocycles. The van der Waals surface area contributed by atoms with E-state index < -0.39 is 0 Å². The van der Waals surface area contributed by atoms with E-state index in [0.717, 1.165) is 39.3 Å². The summed E-state index contributed by atoms with van der Waals surface area (Å²) < 4.78 is 7.43. The maximum atomic E-state index is 12.5. The molecule has 1 N–H and O–H groups in total. The van der Waals surface area contributed by atoms with Gasteiger partial charge in [0, 0.05) is 11.3 Å². The second-order valence-electron chi connectivity index (χ2n) is 7.15. The number of rotatable bonds is 4. The summed E-state index contributed by atoms with van der Waals surface area (Å²) in [6.07, 6.45) is 2.01. The topological polar surface area (TPSA) is 72.4 Å². The fraction of sp³-hybridized carbons (Fsp3) is 0.227. The van der Waals surface area contributed by atoms with E-state index in [9.17, 15) is 4.79 Å². The van der Waals surface area contributed by atoms with Crippen molar-refractivity contribution in [2.24, 2.45) is 0 Å². The molecule has 6 heteroatoms. The van der Waals surface area contributed by atoms with Gasteiger partial charge in [-0.2, -0.15) is 4.52 Å². The summed E-state index contributed by atoms with van der Waals surface area (Å²) in [5.41, 5.74) is 6.52. The number of nitrogens with zero attached hydrogens (tertiary/aromatic N) is 3. The van der Waals surface area contributed by atoms with Crippen LogP contribution in [0.3, 0.4) is 0 Å². The Balaban J connectivity index is 1.52. The van der Waals surface area contributed by atoms with Crippen LogP contribution >= 0.6 is 0 Å². The van der Waals surface area contributed by atoms with E-state index in [2.05, 4.69) is 27.5 Å². The first kappa shape index (κ1) is 18.0. The van der Waals surface area contributed by atoms with Crippen molar-refractivity contribution in [2.75, 3.05) is 5.32 Å². The van der Waals surface area contributed by atoms with Crippen molar-refractivity contribution in [3.05, 3.63) is 70.7 Å². The lowest BCUT2D eigenvalue weighted by Gasteiger charge is -2.11. The molecule has 6 nitrogen and oxygen atoms in total. The molecule has 0 radical (unpaired) electrons. The van der Waals surface area contributed by atoms with Gasteiger partial charge in [0.15, 0.2) is 0 Å². The van der Waals surface area contributed by atoms with Crippen molar-refractivity contribution >= 4 is 17.3 Å². The fourth-order valence-corrected chi connectivity index (χ4v) is 3.23. The number of carbonyl (C=O) groups excluding carboxylic acids is 1. The van der Waals surface area contributed by atoms with Crippen LogP contribution in [0.25, 0.3) is 17.2 Å². The van der Waals surface area contributed by atoms with Crippen molar-refractivity contribution in [1.29, 1.82) is 0 Å². The zero-order chi connectivity index (χ0) is 19.8. The van der Waals surface area contributed by atoms with Crippen LogP contribution in [0.4, 0.5) is 5.69 Å². The summed E-state index contributed by atoms with van der Waals surface area (Å²) >= 11 is 0. The van der Waals surface area contributed by atoms with Gasteiger partial charge >= 0.3 is 0 Å². The summed E-state index contributed by atoms with van der Waals surface area (Å²) in [6.45, 7) is 7.89. The maximum Gasteiger partial charge on any atom is 0.246 e. The van der Waals surface area contributed by atoms with E-state index in [4.69, 9.17) is 4.42 Å². The predicted octanol–water partition coefficient (Wildman–Crippen LogP) is 4.40. The minimum atomic E-state index is -0.0309. The molecule has 4 rings (SSSR count). The van der Waals surface area contributed by atoms with E-state index >= 15 is 0 Å². The first-order valence-electron chi connectivity index (χ1n) is 9.19. The number of nitrogens with one attached hydrogen (secondary N) is 1. The lowest BCUT2D eigenvalue weighted by molar-refractivity contribution is -0.115. The van der Waals surface area contributed by atoms with Crippen molar-refractivity contribution in [3.8, 4) is 11.5 Å². The summed E-state index contributed by atoms with van der Waals surface area (Å²) in [6, 6.07) is 11.9. The molecule has 0 saturated carbocycles. The first-order valence-corrected chi connectivity index (χ1v) is 9.19. The highest BCUT2D eigenvalue weighted by Gasteiger charge is 2.13. The van der Waals surface area contributed by atoms with Crippen molar-refractivity contribution < 1.29 is 9.21 Å². The van der Waals surface area contributed by atoms with Crippen molar-refractivity contribution in [3.63, 3.8) is 0 Å². The van der Waals surface area contributed by atoms with Gasteiger partial charge in [0.05, 0.1) is 12.6 Å². The minimum Gasteiger partial charge on any atom is -0.417 e. The molecule has 2 aromatic carbocycles. The second-order valence-corrected chi connectivity index (χ2v) is 7.15. The fourth-order valence-electron chi connectivity index (χ4n) is 3.23. The largest absolute Gasteiger partial charge is 0.417 e. The molecule has 0 aliphatic rings. The highest BCUT2D eigenvalue weighted by atomic mass is 16.4. The summed E-state index contributed by atoms with van der Waals surface area (Å²) in [4.78, 5) is 16.7. The van der Waals surface area contributed by atoms with E-state index in [-0.39, 0.29) is 5.91 Å². The Hall–Kier alpha value is -3.41. The number of hydrogen-bond acceptors (Lipinski definition) is 4. The van der Waals surface area contributed by atoms with Gasteiger partial charge in [-0.3, -0.25) is 4.79 Å². The Bertz CT molecular complexity index is 1190. The SMILES string of the molecule is Cc1ccc(C)c(CC(=O)Nc2ccc(-c3nn4c(C)ncc4o3)cc2C)c1. The molecule has 2 heterocycles. The highest BCUT2D eigenvalue weighted by Crippen LogP contribution is 2.25. The van der Waals surface area contributed by atoms with Gasteiger partial charge in [-0.15, -0.1) is 5.10 Å². The number of anilines is 1. The van der Waals surface area contributed by atoms with E-state index in [1.165, 1.54) is 0 Å². The number of hydrogen-bond donors (Lipinski definition) is 1. The average molecular weight is 374 g/mol. The monoisotopic (exact) mass is 374 g/mol. The van der Waals surface area contributed by atoms with Crippen LogP contribution in [-0.2, 0) is 11.2 Å². The number of amides is 1. The molecule has 142 valence electrons. The Kier molecular flexibility index (Phi) is 4.47. The van der Waals surface area contributed by atoms with Crippen LogP contribution in [0.15, 0.2) is 47.0 Å². The summed E-state index contributed by atoms with van der Waals surface area (Å²) in [5, 5.41) is 7.46. The third-order valence-corrected chi connectivity index (χ3v) is 4.87. The van der Waals surface area contributed by atoms with Crippen LogP contribution in [0.2, 0.25) is 0 Å². The van der Waals surface area contributed by atoms with E-state index in [0.29, 0.717) is 18.0 Å². The third-order valence-electron chi connectivity index (χ3n) is 4.87. The number of benzene rings is 2. The van der Waals surface area contributed by atoms with Crippen LogP contribution in [0.5, 0.6) is 0 Å². The van der Waals surface area contributed by atoms with E-state index in [1.54, 1.807) is 10.7 Å². The second kappa shape index (κ2) is 6.96. The normalized spacial score (nSPS) is 11.1. The van der Waals surface area contributed by atoms with Crippen molar-refractivity contribution in [2.45, 2.75) is 34.1 Å². The Morgan fingerprint density at radius 2 is 1.89 bits per heavy atom.